The Kier molecular flexibility index (Phi) is 5.29. The third-order valence-electron chi connectivity index (χ3n) is 2.11. The highest BCUT2D eigenvalue weighted by molar-refractivity contribution is 6.30. The van der Waals surface area contributed by atoms with Crippen molar-refractivity contribution in [3.63, 3.8) is 0 Å². The molecule has 0 saturated heterocycles. The number of rotatable bonds is 6. The van der Waals surface area contributed by atoms with Crippen LogP contribution in [0.3, 0.4) is 0 Å². The molecule has 0 aliphatic carbocycles. The van der Waals surface area contributed by atoms with Gasteiger partial charge in [-0.05, 0) is 24.1 Å². The minimum absolute atomic E-state index is 0.343. The van der Waals surface area contributed by atoms with Crippen LogP contribution in [0.2, 0.25) is 5.02 Å². The first-order valence-corrected chi connectivity index (χ1v) is 5.60. The molecule has 0 aliphatic rings. The maximum absolute atomic E-state index is 10.9. The molecule has 0 bridgehead atoms. The molecule has 0 unspecified atom stereocenters. The molecule has 0 heterocycles. The van der Waals surface area contributed by atoms with E-state index in [-0.39, 0.29) is 0 Å². The quantitative estimate of drug-likeness (QED) is 0.834. The van der Waals surface area contributed by atoms with Crippen molar-refractivity contribution >= 4 is 17.6 Å². The summed E-state index contributed by atoms with van der Waals surface area (Å²) in [6.45, 7) is 2.40. The van der Waals surface area contributed by atoms with Gasteiger partial charge >= 0.3 is 5.97 Å². The van der Waals surface area contributed by atoms with Crippen LogP contribution >= 0.6 is 11.6 Å². The summed E-state index contributed by atoms with van der Waals surface area (Å²) in [5.41, 5.74) is 0.871. The predicted octanol–water partition coefficient (Wildman–Crippen LogP) is 2.76. The van der Waals surface area contributed by atoms with E-state index >= 15 is 0 Å². The Morgan fingerprint density at radius 1 is 1.56 bits per heavy atom. The topological polar surface area (TPSA) is 46.5 Å². The third kappa shape index (κ3) is 4.21. The number of carboxylic acid groups (broad SMARTS) is 1. The van der Waals surface area contributed by atoms with E-state index in [0.717, 1.165) is 12.0 Å². The lowest BCUT2D eigenvalue weighted by molar-refractivity contribution is -0.150. The van der Waals surface area contributed by atoms with Gasteiger partial charge in [-0.2, -0.15) is 0 Å². The van der Waals surface area contributed by atoms with E-state index in [1.165, 1.54) is 0 Å². The smallest absolute Gasteiger partial charge is 0.333 e. The number of benzene rings is 1. The van der Waals surface area contributed by atoms with E-state index in [9.17, 15) is 4.79 Å². The lowest BCUT2D eigenvalue weighted by Crippen LogP contribution is -2.26. The largest absolute Gasteiger partial charge is 0.479 e. The summed E-state index contributed by atoms with van der Waals surface area (Å²) in [6, 6.07) is 7.16. The minimum Gasteiger partial charge on any atom is -0.479 e. The van der Waals surface area contributed by atoms with Gasteiger partial charge in [-0.1, -0.05) is 30.7 Å². The second kappa shape index (κ2) is 6.51. The second-order valence-electron chi connectivity index (χ2n) is 3.53. The Hall–Kier alpha value is -1.06. The van der Waals surface area contributed by atoms with Crippen LogP contribution in [0.5, 0.6) is 0 Å². The Bertz CT molecular complexity index is 352. The molecule has 0 saturated carbocycles. The summed E-state index contributed by atoms with van der Waals surface area (Å²) in [4.78, 5) is 10.9. The van der Waals surface area contributed by atoms with E-state index in [2.05, 4.69) is 0 Å². The van der Waals surface area contributed by atoms with Crippen molar-refractivity contribution in [1.29, 1.82) is 0 Å². The van der Waals surface area contributed by atoms with Crippen LogP contribution in [-0.2, 0) is 16.0 Å². The zero-order valence-electron chi connectivity index (χ0n) is 9.15. The first kappa shape index (κ1) is 13.0. The highest BCUT2D eigenvalue weighted by Crippen LogP contribution is 2.13. The number of hydrogen-bond acceptors (Lipinski definition) is 2. The maximum atomic E-state index is 10.9. The molecule has 1 atom stereocenters. The van der Waals surface area contributed by atoms with Crippen LogP contribution in [0, 0.1) is 0 Å². The summed E-state index contributed by atoms with van der Waals surface area (Å²) in [5, 5.41) is 9.58. The summed E-state index contributed by atoms with van der Waals surface area (Å²) in [6.07, 6.45) is 0.355. The molecule has 0 aliphatic heterocycles. The summed E-state index contributed by atoms with van der Waals surface area (Å²) < 4.78 is 5.25. The number of ether oxygens (including phenoxy) is 1. The highest BCUT2D eigenvalue weighted by atomic mass is 35.5. The van der Waals surface area contributed by atoms with Crippen molar-refractivity contribution in [3.05, 3.63) is 34.9 Å². The van der Waals surface area contributed by atoms with Crippen molar-refractivity contribution in [2.45, 2.75) is 25.9 Å². The lowest BCUT2D eigenvalue weighted by atomic mass is 10.1. The average molecular weight is 243 g/mol. The van der Waals surface area contributed by atoms with Gasteiger partial charge < -0.3 is 9.84 Å². The summed E-state index contributed by atoms with van der Waals surface area (Å²) >= 11 is 5.82. The van der Waals surface area contributed by atoms with Crippen molar-refractivity contribution in [3.8, 4) is 0 Å². The van der Waals surface area contributed by atoms with E-state index in [4.69, 9.17) is 21.4 Å². The van der Waals surface area contributed by atoms with Crippen LogP contribution in [-0.4, -0.2) is 23.8 Å². The normalized spacial score (nSPS) is 12.4. The molecule has 88 valence electrons. The molecular formula is C12H15ClO3. The lowest BCUT2D eigenvalue weighted by Gasteiger charge is -2.13. The zero-order valence-corrected chi connectivity index (χ0v) is 9.91. The first-order chi connectivity index (χ1) is 7.63. The van der Waals surface area contributed by atoms with Gasteiger partial charge in [-0.25, -0.2) is 4.79 Å². The van der Waals surface area contributed by atoms with Crippen molar-refractivity contribution in [2.75, 3.05) is 6.61 Å². The van der Waals surface area contributed by atoms with Gasteiger partial charge in [0.25, 0.3) is 0 Å². The monoisotopic (exact) mass is 242 g/mol. The standard InChI is InChI=1S/C12H15ClO3/c1-2-6-16-11(12(14)15)8-9-4-3-5-10(13)7-9/h3-5,7,11H,2,6,8H2,1H3,(H,14,15)/t11-/m1/s1. The van der Waals surface area contributed by atoms with Crippen molar-refractivity contribution < 1.29 is 14.6 Å². The van der Waals surface area contributed by atoms with Gasteiger partial charge in [0.2, 0.25) is 0 Å². The van der Waals surface area contributed by atoms with Gasteiger partial charge in [-0.15, -0.1) is 0 Å². The Morgan fingerprint density at radius 3 is 2.88 bits per heavy atom. The fourth-order valence-electron chi connectivity index (χ4n) is 1.36. The maximum Gasteiger partial charge on any atom is 0.333 e. The van der Waals surface area contributed by atoms with E-state index < -0.39 is 12.1 Å². The molecule has 3 nitrogen and oxygen atoms in total. The molecule has 0 spiro atoms. The fourth-order valence-corrected chi connectivity index (χ4v) is 1.57. The molecule has 1 aromatic rings. The Morgan fingerprint density at radius 2 is 2.31 bits per heavy atom. The molecule has 1 N–H and O–H groups in total. The molecular weight excluding hydrogens is 228 g/mol. The predicted molar refractivity (Wildman–Crippen MR) is 62.8 cm³/mol. The molecule has 4 heteroatoms. The number of carbonyl (C=O) groups is 1. The Labute approximate surface area is 100.0 Å². The fraction of sp³-hybridized carbons (Fsp3) is 0.417. The van der Waals surface area contributed by atoms with Crippen LogP contribution in [0.4, 0.5) is 0 Å². The highest BCUT2D eigenvalue weighted by Gasteiger charge is 2.18. The van der Waals surface area contributed by atoms with Crippen molar-refractivity contribution in [2.24, 2.45) is 0 Å². The Balaban J connectivity index is 2.64. The molecule has 0 amide bonds. The average Bonchev–Trinajstić information content (AvgIpc) is 2.24. The third-order valence-corrected chi connectivity index (χ3v) is 2.34. The number of halogens is 1. The van der Waals surface area contributed by atoms with E-state index in [0.29, 0.717) is 18.1 Å². The molecule has 1 rings (SSSR count). The van der Waals surface area contributed by atoms with Gasteiger partial charge in [0, 0.05) is 18.1 Å². The minimum atomic E-state index is -0.937. The van der Waals surface area contributed by atoms with Crippen LogP contribution in [0.1, 0.15) is 18.9 Å². The van der Waals surface area contributed by atoms with Crippen LogP contribution in [0.25, 0.3) is 0 Å². The number of aliphatic carboxylic acids is 1. The molecule has 16 heavy (non-hydrogen) atoms. The van der Waals surface area contributed by atoms with E-state index in [1.807, 2.05) is 13.0 Å². The van der Waals surface area contributed by atoms with Crippen LogP contribution < -0.4 is 0 Å². The SMILES string of the molecule is CCCO[C@H](Cc1cccc(Cl)c1)C(=O)O. The molecule has 0 aromatic heterocycles. The second-order valence-corrected chi connectivity index (χ2v) is 3.97. The zero-order chi connectivity index (χ0) is 12.0. The van der Waals surface area contributed by atoms with Gasteiger partial charge in [0.05, 0.1) is 0 Å². The molecule has 1 aromatic carbocycles. The van der Waals surface area contributed by atoms with Crippen molar-refractivity contribution in [1.82, 2.24) is 0 Å². The number of hydrogen-bond donors (Lipinski definition) is 1. The molecule has 0 fully saturated rings. The van der Waals surface area contributed by atoms with Gasteiger partial charge in [0.15, 0.2) is 6.10 Å². The summed E-state index contributed by atoms with van der Waals surface area (Å²) in [7, 11) is 0. The first-order valence-electron chi connectivity index (χ1n) is 5.22. The van der Waals surface area contributed by atoms with Crippen LogP contribution in [0.15, 0.2) is 24.3 Å². The summed E-state index contributed by atoms with van der Waals surface area (Å²) in [5.74, 6) is -0.937. The van der Waals surface area contributed by atoms with Gasteiger partial charge in [0.1, 0.15) is 0 Å². The number of carboxylic acids is 1. The van der Waals surface area contributed by atoms with E-state index in [1.54, 1.807) is 18.2 Å². The molecule has 0 radical (unpaired) electrons. The van der Waals surface area contributed by atoms with Gasteiger partial charge in [-0.3, -0.25) is 0 Å².